The van der Waals surface area contributed by atoms with Crippen LogP contribution in [-0.2, 0) is 6.54 Å². The third-order valence-electron chi connectivity index (χ3n) is 3.73. The molecule has 0 bridgehead atoms. The molecule has 1 aliphatic rings. The molecule has 0 spiro atoms. The summed E-state index contributed by atoms with van der Waals surface area (Å²) in [6.07, 6.45) is 1.10. The Hall–Kier alpha value is -1.31. The van der Waals surface area contributed by atoms with Crippen LogP contribution in [-0.4, -0.2) is 38.6 Å². The van der Waals surface area contributed by atoms with Gasteiger partial charge in [-0.25, -0.2) is 4.98 Å². The zero-order valence-electron chi connectivity index (χ0n) is 10.8. The molecule has 102 valence electrons. The fourth-order valence-electron chi connectivity index (χ4n) is 2.42. The molecule has 1 aliphatic heterocycles. The second kappa shape index (κ2) is 4.99. The largest absolute Gasteiger partial charge is 0.326 e. The lowest BCUT2D eigenvalue weighted by Crippen LogP contribution is -2.47. The van der Waals surface area contributed by atoms with Crippen molar-refractivity contribution in [1.29, 1.82) is 0 Å². The molecule has 0 saturated carbocycles. The van der Waals surface area contributed by atoms with Crippen LogP contribution in [0.1, 0.15) is 19.0 Å². The van der Waals surface area contributed by atoms with Gasteiger partial charge in [-0.3, -0.25) is 9.69 Å². The normalized spacial score (nSPS) is 24.9. The molecule has 0 radical (unpaired) electrons. The number of nitrogens with zero attached hydrogens (tertiary/aromatic N) is 4. The van der Waals surface area contributed by atoms with Gasteiger partial charge in [0, 0.05) is 25.2 Å². The Kier molecular flexibility index (Phi) is 3.34. The number of hydrogen-bond acceptors (Lipinski definition) is 6. The van der Waals surface area contributed by atoms with E-state index in [2.05, 4.69) is 21.9 Å². The Morgan fingerprint density at radius 2 is 2.42 bits per heavy atom. The van der Waals surface area contributed by atoms with Crippen LogP contribution in [0.25, 0.3) is 4.96 Å². The van der Waals surface area contributed by atoms with Crippen LogP contribution in [0.2, 0.25) is 0 Å². The monoisotopic (exact) mass is 279 g/mol. The number of likely N-dealkylation sites (tertiary alicyclic amines) is 1. The maximum absolute atomic E-state index is 11.8. The molecule has 2 aromatic rings. The minimum Gasteiger partial charge on any atom is -0.326 e. The quantitative estimate of drug-likeness (QED) is 0.856. The highest BCUT2D eigenvalue weighted by molar-refractivity contribution is 7.14. The second-order valence-corrected chi connectivity index (χ2v) is 6.00. The van der Waals surface area contributed by atoms with Gasteiger partial charge >= 0.3 is 0 Å². The smallest absolute Gasteiger partial charge is 0.275 e. The van der Waals surface area contributed by atoms with E-state index in [-0.39, 0.29) is 11.6 Å². The maximum atomic E-state index is 11.8. The molecule has 2 aromatic heterocycles. The van der Waals surface area contributed by atoms with Crippen LogP contribution in [0.15, 0.2) is 16.4 Å². The SMILES string of the molecule is CC1CCN(Cc2cc(=O)n3ncsc3n2)CC1N. The Bertz CT molecular complexity index is 636. The molecule has 6 nitrogen and oxygen atoms in total. The van der Waals surface area contributed by atoms with Gasteiger partial charge in [-0.1, -0.05) is 18.3 Å². The van der Waals surface area contributed by atoms with Crippen LogP contribution in [0.4, 0.5) is 0 Å². The van der Waals surface area contributed by atoms with E-state index in [0.29, 0.717) is 17.4 Å². The highest BCUT2D eigenvalue weighted by Gasteiger charge is 2.23. The van der Waals surface area contributed by atoms with Crippen LogP contribution < -0.4 is 11.3 Å². The van der Waals surface area contributed by atoms with Crippen molar-refractivity contribution in [3.63, 3.8) is 0 Å². The minimum atomic E-state index is -0.115. The van der Waals surface area contributed by atoms with Gasteiger partial charge < -0.3 is 5.73 Å². The highest BCUT2D eigenvalue weighted by Crippen LogP contribution is 2.17. The Labute approximate surface area is 114 Å². The number of piperidine rings is 1. The Morgan fingerprint density at radius 3 is 3.21 bits per heavy atom. The Morgan fingerprint density at radius 1 is 1.58 bits per heavy atom. The summed E-state index contributed by atoms with van der Waals surface area (Å²) in [5.41, 5.74) is 8.41. The van der Waals surface area contributed by atoms with E-state index in [1.54, 1.807) is 11.6 Å². The molecule has 2 N–H and O–H groups in total. The van der Waals surface area contributed by atoms with E-state index < -0.39 is 0 Å². The summed E-state index contributed by atoms with van der Waals surface area (Å²) in [5, 5.41) is 3.95. The summed E-state index contributed by atoms with van der Waals surface area (Å²) in [6, 6.07) is 1.78. The van der Waals surface area contributed by atoms with Crippen LogP contribution >= 0.6 is 11.3 Å². The molecule has 7 heteroatoms. The first kappa shape index (κ1) is 12.7. The van der Waals surface area contributed by atoms with Crippen LogP contribution in [0, 0.1) is 5.92 Å². The molecule has 3 heterocycles. The summed E-state index contributed by atoms with van der Waals surface area (Å²) in [4.78, 5) is 19.2. The summed E-state index contributed by atoms with van der Waals surface area (Å²) in [5.74, 6) is 0.568. The van der Waals surface area contributed by atoms with Gasteiger partial charge in [-0.2, -0.15) is 9.61 Å². The van der Waals surface area contributed by atoms with E-state index in [9.17, 15) is 4.79 Å². The third-order valence-corrected chi connectivity index (χ3v) is 4.40. The van der Waals surface area contributed by atoms with Gasteiger partial charge in [0.15, 0.2) is 0 Å². The molecule has 1 fully saturated rings. The highest BCUT2D eigenvalue weighted by atomic mass is 32.1. The van der Waals surface area contributed by atoms with Gasteiger partial charge in [-0.05, 0) is 18.9 Å². The number of rotatable bonds is 2. The van der Waals surface area contributed by atoms with E-state index in [0.717, 1.165) is 25.2 Å². The molecule has 0 amide bonds. The molecule has 0 aromatic carbocycles. The lowest BCUT2D eigenvalue weighted by molar-refractivity contribution is 0.160. The average Bonchev–Trinajstić information content (AvgIpc) is 2.82. The molecule has 2 unspecified atom stereocenters. The van der Waals surface area contributed by atoms with Crippen molar-refractivity contribution in [1.82, 2.24) is 19.5 Å². The first-order valence-electron chi connectivity index (χ1n) is 6.44. The van der Waals surface area contributed by atoms with Gasteiger partial charge in [-0.15, -0.1) is 0 Å². The third kappa shape index (κ3) is 2.54. The lowest BCUT2D eigenvalue weighted by Gasteiger charge is -2.34. The van der Waals surface area contributed by atoms with E-state index >= 15 is 0 Å². The van der Waals surface area contributed by atoms with Crippen molar-refractivity contribution < 1.29 is 0 Å². The molecule has 19 heavy (non-hydrogen) atoms. The minimum absolute atomic E-state index is 0.115. The molecular formula is C12H17N5OS. The molecule has 3 rings (SSSR count). The van der Waals surface area contributed by atoms with Crippen LogP contribution in [0.3, 0.4) is 0 Å². The fourth-order valence-corrected chi connectivity index (χ4v) is 3.07. The van der Waals surface area contributed by atoms with Gasteiger partial charge in [0.2, 0.25) is 4.96 Å². The van der Waals surface area contributed by atoms with Crippen molar-refractivity contribution in [3.05, 3.63) is 27.6 Å². The molecule has 0 aliphatic carbocycles. The molecule has 2 atom stereocenters. The predicted molar refractivity (Wildman–Crippen MR) is 74.2 cm³/mol. The second-order valence-electron chi connectivity index (χ2n) is 5.18. The van der Waals surface area contributed by atoms with Crippen molar-refractivity contribution >= 4 is 16.3 Å². The standard InChI is InChI=1S/C12H17N5OS/c1-8-2-3-16(6-10(8)13)5-9-4-11(18)17-12(15-9)19-7-14-17/h4,7-8,10H,2-3,5-6,13H2,1H3. The van der Waals surface area contributed by atoms with E-state index in [1.807, 2.05) is 0 Å². The first-order chi connectivity index (χ1) is 9.13. The van der Waals surface area contributed by atoms with E-state index in [4.69, 9.17) is 5.73 Å². The van der Waals surface area contributed by atoms with Gasteiger partial charge in [0.25, 0.3) is 5.56 Å². The van der Waals surface area contributed by atoms with Crippen LogP contribution in [0.5, 0.6) is 0 Å². The topological polar surface area (TPSA) is 76.5 Å². The summed E-state index contributed by atoms with van der Waals surface area (Å²) < 4.78 is 1.33. The number of hydrogen-bond donors (Lipinski definition) is 1. The van der Waals surface area contributed by atoms with Gasteiger partial charge in [0.1, 0.15) is 5.51 Å². The zero-order valence-corrected chi connectivity index (χ0v) is 11.6. The summed E-state index contributed by atoms with van der Waals surface area (Å²) in [7, 11) is 0. The summed E-state index contributed by atoms with van der Waals surface area (Å²) in [6.45, 7) is 4.75. The fraction of sp³-hybridized carbons (Fsp3) is 0.583. The van der Waals surface area contributed by atoms with Crippen molar-refractivity contribution in [2.45, 2.75) is 25.9 Å². The Balaban J connectivity index is 1.80. The summed E-state index contributed by atoms with van der Waals surface area (Å²) >= 11 is 1.38. The average molecular weight is 279 g/mol. The van der Waals surface area contributed by atoms with Gasteiger partial charge in [0.05, 0.1) is 5.69 Å². The maximum Gasteiger partial charge on any atom is 0.275 e. The number of fused-ring (bicyclic) bond motifs is 1. The lowest BCUT2D eigenvalue weighted by atomic mass is 9.94. The number of aromatic nitrogens is 3. The van der Waals surface area contributed by atoms with Crippen molar-refractivity contribution in [2.24, 2.45) is 11.7 Å². The van der Waals surface area contributed by atoms with E-state index in [1.165, 1.54) is 15.9 Å². The number of nitrogens with two attached hydrogens (primary N) is 1. The van der Waals surface area contributed by atoms with Crippen molar-refractivity contribution in [3.8, 4) is 0 Å². The zero-order chi connectivity index (χ0) is 13.4. The molecule has 1 saturated heterocycles. The van der Waals surface area contributed by atoms with Crippen molar-refractivity contribution in [2.75, 3.05) is 13.1 Å². The first-order valence-corrected chi connectivity index (χ1v) is 7.32. The predicted octanol–water partition coefficient (Wildman–Crippen LogP) is 0.320. The molecular weight excluding hydrogens is 262 g/mol.